The molecule has 92 valence electrons. The average Bonchev–Trinajstić information content (AvgIpc) is 2.30. The van der Waals surface area contributed by atoms with Crippen LogP contribution in [0.4, 0.5) is 0 Å². The maximum absolute atomic E-state index is 11.0. The van der Waals surface area contributed by atoms with E-state index in [1.165, 1.54) is 0 Å². The molecule has 0 atom stereocenters. The number of hydrogen-bond donors (Lipinski definition) is 1. The molecule has 1 N–H and O–H groups in total. The lowest BCUT2D eigenvalue weighted by Crippen LogP contribution is -2.09. The Morgan fingerprint density at radius 2 is 1.94 bits per heavy atom. The molecule has 0 aromatic heterocycles. The number of carbonyl (C=O) groups excluding carboxylic acids is 1. The number of rotatable bonds is 6. The number of ether oxygens (including phenoxy) is 2. The molecule has 4 nitrogen and oxygen atoms in total. The zero-order valence-corrected chi connectivity index (χ0v) is 9.81. The van der Waals surface area contributed by atoms with Crippen molar-refractivity contribution >= 4 is 5.97 Å². The molecule has 0 fully saturated rings. The van der Waals surface area contributed by atoms with Crippen LogP contribution in [0.15, 0.2) is 36.4 Å². The first-order chi connectivity index (χ1) is 8.09. The van der Waals surface area contributed by atoms with Gasteiger partial charge in [-0.15, -0.1) is 0 Å². The van der Waals surface area contributed by atoms with Crippen LogP contribution in [0.1, 0.15) is 13.3 Å². The minimum atomic E-state index is -0.380. The second-order valence-corrected chi connectivity index (χ2v) is 3.61. The van der Waals surface area contributed by atoms with Crippen molar-refractivity contribution in [1.29, 1.82) is 0 Å². The normalized spacial score (nSPS) is 9.71. The van der Waals surface area contributed by atoms with E-state index in [9.17, 15) is 4.79 Å². The molecule has 0 radical (unpaired) electrons. The highest BCUT2D eigenvalue weighted by molar-refractivity contribution is 5.86. The van der Waals surface area contributed by atoms with Crippen molar-refractivity contribution in [3.05, 3.63) is 36.4 Å². The summed E-state index contributed by atoms with van der Waals surface area (Å²) in [5, 5.41) is 9.06. The second kappa shape index (κ2) is 6.58. The van der Waals surface area contributed by atoms with Gasteiger partial charge in [-0.05, 0) is 31.2 Å². The van der Waals surface area contributed by atoms with E-state index in [0.29, 0.717) is 31.0 Å². The lowest BCUT2D eigenvalue weighted by atomic mass is 10.3. The molecule has 0 spiro atoms. The molecule has 0 unspecified atom stereocenters. The highest BCUT2D eigenvalue weighted by Gasteiger charge is 2.02. The molecule has 1 aromatic rings. The van der Waals surface area contributed by atoms with Crippen LogP contribution in [-0.4, -0.2) is 24.3 Å². The van der Waals surface area contributed by atoms with Gasteiger partial charge in [-0.25, -0.2) is 4.79 Å². The minimum Gasteiger partial charge on any atom is -0.508 e. The van der Waals surface area contributed by atoms with Gasteiger partial charge in [-0.3, -0.25) is 0 Å². The van der Waals surface area contributed by atoms with Gasteiger partial charge in [0.25, 0.3) is 0 Å². The summed E-state index contributed by atoms with van der Waals surface area (Å²) in [4.78, 5) is 11.0. The molecular weight excluding hydrogens is 220 g/mol. The van der Waals surface area contributed by atoms with E-state index in [1.54, 1.807) is 31.2 Å². The SMILES string of the molecule is C=C(C)C(=O)OCCCOc1ccc(O)cc1. The largest absolute Gasteiger partial charge is 0.508 e. The zero-order chi connectivity index (χ0) is 12.7. The van der Waals surface area contributed by atoms with Crippen molar-refractivity contribution in [2.75, 3.05) is 13.2 Å². The number of esters is 1. The molecule has 4 heteroatoms. The predicted octanol–water partition coefficient (Wildman–Crippen LogP) is 2.28. The van der Waals surface area contributed by atoms with Crippen molar-refractivity contribution in [2.45, 2.75) is 13.3 Å². The standard InChI is InChI=1S/C13H16O4/c1-10(2)13(15)17-9-3-8-16-12-6-4-11(14)5-7-12/h4-7,14H,1,3,8-9H2,2H3. The summed E-state index contributed by atoms with van der Waals surface area (Å²) in [6.07, 6.45) is 0.611. The van der Waals surface area contributed by atoms with E-state index >= 15 is 0 Å². The lowest BCUT2D eigenvalue weighted by molar-refractivity contribution is -0.139. The summed E-state index contributed by atoms with van der Waals surface area (Å²) in [6, 6.07) is 6.46. The molecule has 0 amide bonds. The van der Waals surface area contributed by atoms with Crippen molar-refractivity contribution < 1.29 is 19.4 Å². The predicted molar refractivity (Wildman–Crippen MR) is 64.0 cm³/mol. The van der Waals surface area contributed by atoms with E-state index < -0.39 is 0 Å². The third-order valence-electron chi connectivity index (χ3n) is 1.98. The Morgan fingerprint density at radius 3 is 2.53 bits per heavy atom. The number of aromatic hydroxyl groups is 1. The Hall–Kier alpha value is -1.97. The van der Waals surface area contributed by atoms with Crippen LogP contribution in [0.2, 0.25) is 0 Å². The van der Waals surface area contributed by atoms with Gasteiger partial charge in [0.05, 0.1) is 13.2 Å². The maximum atomic E-state index is 11.0. The first-order valence-electron chi connectivity index (χ1n) is 5.34. The third kappa shape index (κ3) is 5.06. The molecule has 1 rings (SSSR count). The van der Waals surface area contributed by atoms with Crippen LogP contribution in [-0.2, 0) is 9.53 Å². The maximum Gasteiger partial charge on any atom is 0.333 e. The van der Waals surface area contributed by atoms with Crippen LogP contribution in [0.3, 0.4) is 0 Å². The first-order valence-corrected chi connectivity index (χ1v) is 5.34. The molecular formula is C13H16O4. The Bertz CT molecular complexity index is 381. The van der Waals surface area contributed by atoms with Gasteiger partial charge in [0.2, 0.25) is 0 Å². The molecule has 0 saturated heterocycles. The number of phenols is 1. The van der Waals surface area contributed by atoms with Crippen LogP contribution in [0.5, 0.6) is 11.5 Å². The van der Waals surface area contributed by atoms with E-state index in [-0.39, 0.29) is 11.7 Å². The molecule has 0 heterocycles. The summed E-state index contributed by atoms with van der Waals surface area (Å²) < 4.78 is 10.3. The monoisotopic (exact) mass is 236 g/mol. The van der Waals surface area contributed by atoms with Crippen molar-refractivity contribution in [2.24, 2.45) is 0 Å². The van der Waals surface area contributed by atoms with Crippen LogP contribution in [0, 0.1) is 0 Å². The fraction of sp³-hybridized carbons (Fsp3) is 0.308. The van der Waals surface area contributed by atoms with Crippen molar-refractivity contribution in [3.8, 4) is 11.5 Å². The van der Waals surface area contributed by atoms with Gasteiger partial charge in [0.1, 0.15) is 11.5 Å². The summed E-state index contributed by atoms with van der Waals surface area (Å²) in [7, 11) is 0. The van der Waals surface area contributed by atoms with Crippen LogP contribution in [0.25, 0.3) is 0 Å². The van der Waals surface area contributed by atoms with Gasteiger partial charge < -0.3 is 14.6 Å². The number of benzene rings is 1. The summed E-state index contributed by atoms with van der Waals surface area (Å²) in [5.41, 5.74) is 0.393. The molecule has 0 saturated carbocycles. The third-order valence-corrected chi connectivity index (χ3v) is 1.98. The van der Waals surface area contributed by atoms with Gasteiger partial charge in [-0.1, -0.05) is 6.58 Å². The van der Waals surface area contributed by atoms with E-state index in [2.05, 4.69) is 6.58 Å². The number of carbonyl (C=O) groups is 1. The van der Waals surface area contributed by atoms with E-state index in [4.69, 9.17) is 14.6 Å². The Morgan fingerprint density at radius 1 is 1.29 bits per heavy atom. The first kappa shape index (κ1) is 13.1. The summed E-state index contributed by atoms with van der Waals surface area (Å²) in [5.74, 6) is 0.497. The fourth-order valence-corrected chi connectivity index (χ4v) is 1.08. The van der Waals surface area contributed by atoms with Gasteiger partial charge in [0.15, 0.2) is 0 Å². The Labute approximate surface area is 100 Å². The lowest BCUT2D eigenvalue weighted by Gasteiger charge is -2.07. The molecule has 0 bridgehead atoms. The second-order valence-electron chi connectivity index (χ2n) is 3.61. The van der Waals surface area contributed by atoms with Crippen LogP contribution >= 0.6 is 0 Å². The minimum absolute atomic E-state index is 0.202. The van der Waals surface area contributed by atoms with Crippen molar-refractivity contribution in [3.63, 3.8) is 0 Å². The summed E-state index contributed by atoms with van der Waals surface area (Å²) in [6.45, 7) is 5.85. The Kier molecular flexibility index (Phi) is 5.07. The van der Waals surface area contributed by atoms with Gasteiger partial charge in [0, 0.05) is 12.0 Å². The van der Waals surface area contributed by atoms with Crippen LogP contribution < -0.4 is 4.74 Å². The fourth-order valence-electron chi connectivity index (χ4n) is 1.08. The highest BCUT2D eigenvalue weighted by atomic mass is 16.5. The number of hydrogen-bond acceptors (Lipinski definition) is 4. The highest BCUT2D eigenvalue weighted by Crippen LogP contribution is 2.15. The van der Waals surface area contributed by atoms with Crippen molar-refractivity contribution in [1.82, 2.24) is 0 Å². The smallest absolute Gasteiger partial charge is 0.333 e. The quantitative estimate of drug-likeness (QED) is 0.467. The molecule has 0 aliphatic heterocycles. The van der Waals surface area contributed by atoms with Gasteiger partial charge in [-0.2, -0.15) is 0 Å². The van der Waals surface area contributed by atoms with E-state index in [1.807, 2.05) is 0 Å². The molecule has 17 heavy (non-hydrogen) atoms. The topological polar surface area (TPSA) is 55.8 Å². The number of phenolic OH excluding ortho intramolecular Hbond substituents is 1. The van der Waals surface area contributed by atoms with Gasteiger partial charge >= 0.3 is 5.97 Å². The van der Waals surface area contributed by atoms with E-state index in [0.717, 1.165) is 0 Å². The Balaban J connectivity index is 2.14. The summed E-state index contributed by atoms with van der Waals surface area (Å²) >= 11 is 0. The molecule has 0 aliphatic rings. The average molecular weight is 236 g/mol. The molecule has 0 aliphatic carbocycles. The zero-order valence-electron chi connectivity index (χ0n) is 9.81. The molecule has 1 aromatic carbocycles.